The van der Waals surface area contributed by atoms with Crippen LogP contribution in [0.25, 0.3) is 10.9 Å². The standard InChI is InChI=1S/C51H62BrF2N10O5P/c1-8-29-22-41(60-50-57-26-36(52)47(62-50)59-40-14-13-39-33(46(40)70(6,7)68)11-10-30(9-2)58-39)43(69-5)25-42(29)63-20-16-31(17-21-63)55-18-19-56-49(67)35-27-64(28-51(35,3)4)32-23-37(53)45(38(54)24-32)34-12-15-44(65)61-48(34)66/h10-11,13-14,22-26,31,34-35,55H,8-9,12,15-21,27-28H2,1-7H3,(H,56,67)(H,61,65,66)(H2,57,59,60,62)/t34-,35-/m1/s1. The average Bonchev–Trinajstić information content (AvgIpc) is 3.66. The second-order valence-electron chi connectivity index (χ2n) is 19.5. The predicted molar refractivity (Wildman–Crippen MR) is 276 cm³/mol. The Kier molecular flexibility index (Phi) is 15.2. The Morgan fingerprint density at radius 3 is 2.36 bits per heavy atom. The molecular formula is C51H62BrF2N10O5P. The molecule has 70 heavy (non-hydrogen) atoms. The fraction of sp³-hybridized carbons (Fsp3) is 0.451. The molecule has 3 fully saturated rings. The number of nitrogens with zero attached hydrogens (tertiary/aromatic N) is 5. The predicted octanol–water partition coefficient (Wildman–Crippen LogP) is 8.29. The van der Waals surface area contributed by atoms with Gasteiger partial charge in [-0.3, -0.25) is 24.7 Å². The number of aryl methyl sites for hydroxylation is 2. The van der Waals surface area contributed by atoms with E-state index in [1.807, 2.05) is 43.0 Å². The molecule has 5 N–H and O–H groups in total. The summed E-state index contributed by atoms with van der Waals surface area (Å²) in [6.45, 7) is 15.0. The number of amides is 3. The van der Waals surface area contributed by atoms with E-state index < -0.39 is 47.8 Å². The number of piperidine rings is 2. The number of carbonyl (C=O) groups is 3. The number of fused-ring (bicyclic) bond motifs is 1. The minimum atomic E-state index is -2.76. The highest BCUT2D eigenvalue weighted by atomic mass is 79.9. The van der Waals surface area contributed by atoms with Gasteiger partial charge in [-0.2, -0.15) is 4.98 Å². The van der Waals surface area contributed by atoms with Gasteiger partial charge in [0.1, 0.15) is 30.3 Å². The molecule has 0 saturated carbocycles. The lowest BCUT2D eigenvalue weighted by atomic mass is 9.81. The van der Waals surface area contributed by atoms with Crippen LogP contribution in [0.15, 0.2) is 59.2 Å². The minimum absolute atomic E-state index is 0.0147. The van der Waals surface area contributed by atoms with Gasteiger partial charge in [-0.15, -0.1) is 0 Å². The van der Waals surface area contributed by atoms with E-state index in [4.69, 9.17) is 14.7 Å². The molecule has 0 radical (unpaired) electrons. The highest BCUT2D eigenvalue weighted by molar-refractivity contribution is 9.10. The van der Waals surface area contributed by atoms with Crippen LogP contribution in [-0.4, -0.2) is 98.4 Å². The van der Waals surface area contributed by atoms with Crippen molar-refractivity contribution >= 4 is 91.5 Å². The van der Waals surface area contributed by atoms with Crippen LogP contribution in [0, 0.1) is 23.0 Å². The lowest BCUT2D eigenvalue weighted by Gasteiger charge is -2.35. The summed E-state index contributed by atoms with van der Waals surface area (Å²) >= 11 is 3.61. The van der Waals surface area contributed by atoms with Crippen LogP contribution in [0.3, 0.4) is 0 Å². The van der Waals surface area contributed by atoms with E-state index >= 15 is 8.78 Å². The quantitative estimate of drug-likeness (QED) is 0.0362. The number of anilines is 6. The zero-order valence-electron chi connectivity index (χ0n) is 40.8. The summed E-state index contributed by atoms with van der Waals surface area (Å²) in [6, 6.07) is 14.7. The van der Waals surface area contributed by atoms with E-state index in [9.17, 15) is 18.9 Å². The number of benzene rings is 3. The highest BCUT2D eigenvalue weighted by Crippen LogP contribution is 2.43. The molecule has 3 aliphatic rings. The first-order chi connectivity index (χ1) is 33.4. The van der Waals surface area contributed by atoms with Crippen molar-refractivity contribution in [1.82, 2.24) is 30.9 Å². The molecule has 19 heteroatoms. The number of rotatable bonds is 16. The summed E-state index contributed by atoms with van der Waals surface area (Å²) in [5.74, 6) is -2.94. The third-order valence-corrected chi connectivity index (χ3v) is 15.9. The van der Waals surface area contributed by atoms with Crippen molar-refractivity contribution in [2.75, 3.05) is 80.1 Å². The second-order valence-corrected chi connectivity index (χ2v) is 23.5. The molecule has 5 aromatic rings. The summed E-state index contributed by atoms with van der Waals surface area (Å²) in [5, 5.41) is 17.2. The first kappa shape index (κ1) is 50.7. The molecule has 5 heterocycles. The van der Waals surface area contributed by atoms with Crippen molar-refractivity contribution < 1.29 is 32.5 Å². The lowest BCUT2D eigenvalue weighted by molar-refractivity contribution is -0.134. The first-order valence-corrected chi connectivity index (χ1v) is 27.4. The fourth-order valence-corrected chi connectivity index (χ4v) is 11.8. The Labute approximate surface area is 416 Å². The van der Waals surface area contributed by atoms with Gasteiger partial charge < -0.3 is 40.4 Å². The normalized spacial score (nSPS) is 18.5. The van der Waals surface area contributed by atoms with Crippen LogP contribution in [0.5, 0.6) is 5.75 Å². The molecule has 0 unspecified atom stereocenters. The summed E-state index contributed by atoms with van der Waals surface area (Å²) in [7, 11) is -1.12. The van der Waals surface area contributed by atoms with Gasteiger partial charge in [0.15, 0.2) is 0 Å². The molecule has 15 nitrogen and oxygen atoms in total. The number of nitrogens with one attached hydrogen (secondary N) is 5. The molecule has 3 aromatic carbocycles. The lowest BCUT2D eigenvalue weighted by Crippen LogP contribution is -2.46. The number of ether oxygens (including phenoxy) is 1. The fourth-order valence-electron chi connectivity index (χ4n) is 10.1. The van der Waals surface area contributed by atoms with Crippen molar-refractivity contribution in [2.45, 2.75) is 78.2 Å². The van der Waals surface area contributed by atoms with Gasteiger partial charge in [-0.1, -0.05) is 33.8 Å². The van der Waals surface area contributed by atoms with Crippen LogP contribution < -0.4 is 46.4 Å². The van der Waals surface area contributed by atoms with Crippen LogP contribution in [0.2, 0.25) is 0 Å². The summed E-state index contributed by atoms with van der Waals surface area (Å²) in [4.78, 5) is 55.9. The Balaban J connectivity index is 0.849. The molecular weight excluding hydrogens is 981 g/mol. The largest absolute Gasteiger partial charge is 0.494 e. The smallest absolute Gasteiger partial charge is 0.234 e. The van der Waals surface area contributed by atoms with Crippen LogP contribution >= 0.6 is 23.1 Å². The molecule has 2 atom stereocenters. The summed E-state index contributed by atoms with van der Waals surface area (Å²) in [5.41, 5.74) is 4.93. The second kappa shape index (κ2) is 20.9. The molecule has 2 aromatic heterocycles. The molecule has 3 amide bonds. The van der Waals surface area contributed by atoms with Gasteiger partial charge in [0.05, 0.1) is 40.3 Å². The number of hydrogen-bond donors (Lipinski definition) is 5. The number of methoxy groups -OCH3 is 1. The summed E-state index contributed by atoms with van der Waals surface area (Å²) in [6.07, 6.45) is 5.13. The maximum Gasteiger partial charge on any atom is 0.234 e. The SMILES string of the molecule is CCc1ccc2c(P(C)(C)=O)c(Nc3nc(Nc4cc(CC)c(N5CCC(NCCNC(=O)[C@H]6CN(c7cc(F)c([C@H]8CCC(=O)NC8=O)c(F)c7)CC6(C)C)CC5)cc4OC)ncc3Br)ccc2n1. The number of aromatic nitrogens is 3. The number of halogens is 3. The number of carbonyl (C=O) groups excluding carboxylic acids is 3. The van der Waals surface area contributed by atoms with Crippen molar-refractivity contribution in [1.29, 1.82) is 0 Å². The monoisotopic (exact) mass is 1040 g/mol. The number of imide groups is 1. The molecule has 372 valence electrons. The maximum absolute atomic E-state index is 15.4. The third kappa shape index (κ3) is 10.9. The maximum atomic E-state index is 15.4. The van der Waals surface area contributed by atoms with Gasteiger partial charge in [0.2, 0.25) is 23.7 Å². The van der Waals surface area contributed by atoms with Gasteiger partial charge in [0.25, 0.3) is 0 Å². The third-order valence-electron chi connectivity index (χ3n) is 13.8. The van der Waals surface area contributed by atoms with Crippen molar-refractivity contribution in [2.24, 2.45) is 11.3 Å². The van der Waals surface area contributed by atoms with E-state index in [0.717, 1.165) is 72.3 Å². The molecule has 0 aliphatic carbocycles. The van der Waals surface area contributed by atoms with Crippen LogP contribution in [0.4, 0.5) is 43.3 Å². The minimum Gasteiger partial charge on any atom is -0.494 e. The van der Waals surface area contributed by atoms with E-state index in [0.29, 0.717) is 58.3 Å². The van der Waals surface area contributed by atoms with Gasteiger partial charge >= 0.3 is 0 Å². The average molecular weight is 1040 g/mol. The molecule has 0 spiro atoms. The Hall–Kier alpha value is -5.71. The number of pyridine rings is 1. The number of hydrogen-bond acceptors (Lipinski definition) is 13. The highest BCUT2D eigenvalue weighted by Gasteiger charge is 2.44. The zero-order valence-corrected chi connectivity index (χ0v) is 43.3. The van der Waals surface area contributed by atoms with E-state index in [1.54, 1.807) is 26.6 Å². The van der Waals surface area contributed by atoms with Crippen molar-refractivity contribution in [3.8, 4) is 5.75 Å². The Morgan fingerprint density at radius 2 is 1.69 bits per heavy atom. The van der Waals surface area contributed by atoms with Crippen molar-refractivity contribution in [3.63, 3.8) is 0 Å². The van der Waals surface area contributed by atoms with Crippen LogP contribution in [0.1, 0.15) is 76.1 Å². The van der Waals surface area contributed by atoms with Crippen LogP contribution in [-0.2, 0) is 31.8 Å². The zero-order chi connectivity index (χ0) is 50.1. The van der Waals surface area contributed by atoms with Gasteiger partial charge in [-0.05, 0) is 109 Å². The van der Waals surface area contributed by atoms with Gasteiger partial charge in [-0.25, -0.2) is 13.8 Å². The first-order valence-electron chi connectivity index (χ1n) is 24.0. The van der Waals surface area contributed by atoms with E-state index in [2.05, 4.69) is 78.4 Å². The molecule has 3 saturated heterocycles. The summed E-state index contributed by atoms with van der Waals surface area (Å²) < 4.78 is 51.0. The Bertz CT molecular complexity index is 2850. The Morgan fingerprint density at radius 1 is 0.943 bits per heavy atom. The molecule has 8 rings (SSSR count). The molecule has 0 bridgehead atoms. The van der Waals surface area contributed by atoms with E-state index in [1.165, 1.54) is 12.1 Å². The topological polar surface area (TPSA) is 183 Å². The van der Waals surface area contributed by atoms with Gasteiger partial charge in [0, 0.05) is 97.3 Å². The van der Waals surface area contributed by atoms with E-state index in [-0.39, 0.29) is 36.9 Å². The molecule has 3 aliphatic heterocycles. The van der Waals surface area contributed by atoms with Crippen molar-refractivity contribution in [3.05, 3.63) is 87.7 Å².